The molecule has 0 amide bonds. The van der Waals surface area contributed by atoms with Crippen LogP contribution >= 0.6 is 0 Å². The highest BCUT2D eigenvalue weighted by atomic mass is 32.2. The summed E-state index contributed by atoms with van der Waals surface area (Å²) in [6.45, 7) is 0.482. The molecule has 20 heavy (non-hydrogen) atoms. The number of hydrogen-bond acceptors (Lipinski definition) is 5. The Morgan fingerprint density at radius 1 is 1.25 bits per heavy atom. The third kappa shape index (κ3) is 1.74. The van der Waals surface area contributed by atoms with Crippen LogP contribution in [0, 0.1) is 0 Å². The minimum atomic E-state index is -2.94. The molecule has 4 rings (SSSR count). The first-order valence-corrected chi connectivity index (χ1v) is 8.70. The van der Waals surface area contributed by atoms with Crippen molar-refractivity contribution in [2.24, 2.45) is 0 Å². The SMILES string of the molecule is O=S1(=O)CCN(c2nc3ccccc3o2)[C@H]2CCC[C@@H]21. The Balaban J connectivity index is 1.75. The van der Waals surface area contributed by atoms with Gasteiger partial charge in [-0.3, -0.25) is 0 Å². The summed E-state index contributed by atoms with van der Waals surface area (Å²) >= 11 is 0. The highest BCUT2D eigenvalue weighted by Crippen LogP contribution is 2.36. The fourth-order valence-corrected chi connectivity index (χ4v) is 5.49. The van der Waals surface area contributed by atoms with Gasteiger partial charge in [-0.25, -0.2) is 8.42 Å². The van der Waals surface area contributed by atoms with Gasteiger partial charge in [0.1, 0.15) is 5.52 Å². The van der Waals surface area contributed by atoms with Crippen molar-refractivity contribution >= 4 is 27.0 Å². The van der Waals surface area contributed by atoms with E-state index in [0.29, 0.717) is 12.6 Å². The van der Waals surface area contributed by atoms with Crippen molar-refractivity contribution < 1.29 is 12.8 Å². The molecule has 2 aliphatic rings. The number of hydrogen-bond donors (Lipinski definition) is 0. The van der Waals surface area contributed by atoms with Gasteiger partial charge in [-0.1, -0.05) is 12.1 Å². The van der Waals surface area contributed by atoms with Crippen molar-refractivity contribution in [2.45, 2.75) is 30.6 Å². The fraction of sp³-hybridized carbons (Fsp3) is 0.500. The lowest BCUT2D eigenvalue weighted by molar-refractivity contribution is 0.491. The Labute approximate surface area is 117 Å². The molecule has 1 aromatic carbocycles. The van der Waals surface area contributed by atoms with Crippen LogP contribution < -0.4 is 4.90 Å². The molecule has 2 fully saturated rings. The van der Waals surface area contributed by atoms with Gasteiger partial charge in [0.2, 0.25) is 0 Å². The number of rotatable bonds is 1. The second-order valence-corrected chi connectivity index (χ2v) is 7.90. The third-order valence-corrected chi connectivity index (χ3v) is 6.65. The third-order valence-electron chi connectivity index (χ3n) is 4.42. The van der Waals surface area contributed by atoms with Crippen LogP contribution in [0.4, 0.5) is 6.01 Å². The van der Waals surface area contributed by atoms with Crippen LogP contribution in [0.3, 0.4) is 0 Å². The Bertz CT molecular complexity index is 720. The summed E-state index contributed by atoms with van der Waals surface area (Å²) in [5.41, 5.74) is 1.58. The maximum Gasteiger partial charge on any atom is 0.298 e. The van der Waals surface area contributed by atoms with E-state index in [1.54, 1.807) is 0 Å². The topological polar surface area (TPSA) is 63.4 Å². The summed E-state index contributed by atoms with van der Waals surface area (Å²) in [5, 5.41) is -0.244. The average Bonchev–Trinajstić information content (AvgIpc) is 3.05. The molecule has 0 bridgehead atoms. The van der Waals surface area contributed by atoms with E-state index in [2.05, 4.69) is 9.88 Å². The van der Waals surface area contributed by atoms with Crippen molar-refractivity contribution in [3.05, 3.63) is 24.3 Å². The van der Waals surface area contributed by atoms with Crippen molar-refractivity contribution in [3.63, 3.8) is 0 Å². The first-order valence-electron chi connectivity index (χ1n) is 6.99. The Morgan fingerprint density at radius 3 is 2.95 bits per heavy atom. The number of benzene rings is 1. The second kappa shape index (κ2) is 4.22. The predicted molar refractivity (Wildman–Crippen MR) is 76.6 cm³/mol. The highest BCUT2D eigenvalue weighted by Gasteiger charge is 2.45. The van der Waals surface area contributed by atoms with E-state index in [-0.39, 0.29) is 17.0 Å². The van der Waals surface area contributed by atoms with Gasteiger partial charge in [0.05, 0.1) is 17.0 Å². The molecule has 0 spiro atoms. The zero-order valence-electron chi connectivity index (χ0n) is 11.0. The number of fused-ring (bicyclic) bond motifs is 2. The van der Waals surface area contributed by atoms with Crippen LogP contribution in [0.25, 0.3) is 11.1 Å². The summed E-state index contributed by atoms with van der Waals surface area (Å²) in [7, 11) is -2.94. The molecule has 1 aromatic heterocycles. The standard InChI is InChI=1S/C14H16N2O3S/c17-20(18)9-8-16(11-5-3-7-13(11)20)14-15-10-4-1-2-6-12(10)19-14/h1-2,4,6,11,13H,3,5,7-9H2/t11-,13-/m0/s1. The molecule has 6 heteroatoms. The van der Waals surface area contributed by atoms with Gasteiger partial charge in [0.25, 0.3) is 6.01 Å². The Hall–Kier alpha value is -1.56. The van der Waals surface area contributed by atoms with Crippen LogP contribution in [0.1, 0.15) is 19.3 Å². The van der Waals surface area contributed by atoms with Crippen LogP contribution in [0.5, 0.6) is 0 Å². The van der Waals surface area contributed by atoms with E-state index in [1.807, 2.05) is 24.3 Å². The predicted octanol–water partition coefficient (Wildman–Crippen LogP) is 1.98. The van der Waals surface area contributed by atoms with Gasteiger partial charge in [-0.05, 0) is 31.4 Å². The van der Waals surface area contributed by atoms with E-state index in [1.165, 1.54) is 0 Å². The van der Waals surface area contributed by atoms with E-state index < -0.39 is 9.84 Å². The zero-order chi connectivity index (χ0) is 13.7. The molecule has 1 saturated carbocycles. The van der Waals surface area contributed by atoms with Crippen LogP contribution in [0.2, 0.25) is 0 Å². The van der Waals surface area contributed by atoms with E-state index in [9.17, 15) is 8.42 Å². The molecule has 2 aromatic rings. The van der Waals surface area contributed by atoms with Crippen molar-refractivity contribution in [1.82, 2.24) is 4.98 Å². The van der Waals surface area contributed by atoms with E-state index in [0.717, 1.165) is 30.4 Å². The van der Waals surface area contributed by atoms with Crippen molar-refractivity contribution in [3.8, 4) is 0 Å². The largest absolute Gasteiger partial charge is 0.423 e. The minimum absolute atomic E-state index is 0.0295. The molecular formula is C14H16N2O3S. The summed E-state index contributed by atoms with van der Waals surface area (Å²) < 4.78 is 30.1. The molecule has 2 heterocycles. The van der Waals surface area contributed by atoms with Gasteiger partial charge >= 0.3 is 0 Å². The van der Waals surface area contributed by atoms with Crippen molar-refractivity contribution in [1.29, 1.82) is 0 Å². The van der Waals surface area contributed by atoms with Gasteiger partial charge in [0.15, 0.2) is 15.4 Å². The molecule has 5 nitrogen and oxygen atoms in total. The average molecular weight is 292 g/mol. The summed E-state index contributed by atoms with van der Waals surface area (Å²) in [6.07, 6.45) is 2.64. The fourth-order valence-electron chi connectivity index (χ4n) is 3.45. The van der Waals surface area contributed by atoms with E-state index >= 15 is 0 Å². The smallest absolute Gasteiger partial charge is 0.298 e. The molecular weight excluding hydrogens is 276 g/mol. The molecule has 0 unspecified atom stereocenters. The van der Waals surface area contributed by atoms with Gasteiger partial charge < -0.3 is 9.32 Å². The molecule has 1 aliphatic heterocycles. The van der Waals surface area contributed by atoms with Crippen molar-refractivity contribution in [2.75, 3.05) is 17.2 Å². The van der Waals surface area contributed by atoms with Gasteiger partial charge in [-0.2, -0.15) is 4.98 Å². The highest BCUT2D eigenvalue weighted by molar-refractivity contribution is 7.92. The Kier molecular flexibility index (Phi) is 2.57. The lowest BCUT2D eigenvalue weighted by Crippen LogP contribution is -2.52. The number of nitrogens with zero attached hydrogens (tertiary/aromatic N) is 2. The molecule has 2 atom stereocenters. The monoisotopic (exact) mass is 292 g/mol. The summed E-state index contributed by atoms with van der Waals surface area (Å²) in [5.74, 6) is 0.201. The summed E-state index contributed by atoms with van der Waals surface area (Å²) in [4.78, 5) is 6.56. The first-order chi connectivity index (χ1) is 9.65. The maximum absolute atomic E-state index is 12.1. The maximum atomic E-state index is 12.1. The second-order valence-electron chi connectivity index (χ2n) is 5.56. The number of oxazole rings is 1. The molecule has 106 valence electrons. The number of sulfone groups is 1. The molecule has 1 saturated heterocycles. The number of anilines is 1. The van der Waals surface area contributed by atoms with Gasteiger partial charge in [-0.15, -0.1) is 0 Å². The number of para-hydroxylation sites is 2. The summed E-state index contributed by atoms with van der Waals surface area (Å²) in [6, 6.07) is 8.23. The quantitative estimate of drug-likeness (QED) is 0.804. The zero-order valence-corrected chi connectivity index (χ0v) is 11.8. The van der Waals surface area contributed by atoms with Gasteiger partial charge in [0, 0.05) is 6.54 Å². The minimum Gasteiger partial charge on any atom is -0.423 e. The normalized spacial score (nSPS) is 28.7. The molecule has 0 radical (unpaired) electrons. The lowest BCUT2D eigenvalue weighted by Gasteiger charge is -2.36. The molecule has 1 aliphatic carbocycles. The van der Waals surface area contributed by atoms with E-state index in [4.69, 9.17) is 4.42 Å². The lowest BCUT2D eigenvalue weighted by atomic mass is 10.2. The number of aromatic nitrogens is 1. The Morgan fingerprint density at radius 2 is 2.10 bits per heavy atom. The van der Waals surface area contributed by atoms with Crippen LogP contribution in [-0.4, -0.2) is 37.0 Å². The molecule has 0 N–H and O–H groups in total. The van der Waals surface area contributed by atoms with Crippen LogP contribution in [0.15, 0.2) is 28.7 Å². The van der Waals surface area contributed by atoms with Crippen LogP contribution in [-0.2, 0) is 9.84 Å². The first kappa shape index (κ1) is 12.2.